The molecule has 1 fully saturated rings. The van der Waals surface area contributed by atoms with Crippen LogP contribution in [-0.4, -0.2) is 19.1 Å². The zero-order valence-electron chi connectivity index (χ0n) is 6.94. The van der Waals surface area contributed by atoms with Gasteiger partial charge >= 0.3 is 0 Å². The van der Waals surface area contributed by atoms with E-state index in [1.54, 1.807) is 0 Å². The van der Waals surface area contributed by atoms with Crippen LogP contribution in [0.1, 0.15) is 20.3 Å². The molecule has 0 N–H and O–H groups in total. The molecule has 1 aliphatic heterocycles. The maximum atomic E-state index is 12.7. The molecular weight excluding hydrogens is 150 g/mol. The predicted molar refractivity (Wildman–Crippen MR) is 38.7 cm³/mol. The summed E-state index contributed by atoms with van der Waals surface area (Å²) in [6.45, 7) is 4.01. The molecule has 1 nitrogen and oxygen atoms in total. The molecule has 66 valence electrons. The van der Waals surface area contributed by atoms with Crippen LogP contribution in [0.4, 0.5) is 8.78 Å². The Labute approximate surface area is 65.7 Å². The van der Waals surface area contributed by atoms with E-state index in [1.807, 2.05) is 13.8 Å². The molecule has 1 unspecified atom stereocenters. The van der Waals surface area contributed by atoms with Crippen molar-refractivity contribution < 1.29 is 13.5 Å². The number of alkyl halides is 2. The van der Waals surface area contributed by atoms with E-state index in [0.29, 0.717) is 12.5 Å². The van der Waals surface area contributed by atoms with Gasteiger partial charge in [0.1, 0.15) is 6.61 Å². The lowest BCUT2D eigenvalue weighted by Crippen LogP contribution is -2.37. The minimum Gasteiger partial charge on any atom is -0.375 e. The highest BCUT2D eigenvalue weighted by Crippen LogP contribution is 2.32. The second-order valence-electron chi connectivity index (χ2n) is 3.58. The van der Waals surface area contributed by atoms with E-state index in [-0.39, 0.29) is 12.3 Å². The van der Waals surface area contributed by atoms with Crippen LogP contribution >= 0.6 is 0 Å². The number of hydrogen-bond donors (Lipinski definition) is 0. The SMILES string of the molecule is CC(C)C1COCC(F)(F)C1. The van der Waals surface area contributed by atoms with Crippen LogP contribution in [0.25, 0.3) is 0 Å². The fourth-order valence-corrected chi connectivity index (χ4v) is 1.29. The van der Waals surface area contributed by atoms with E-state index in [4.69, 9.17) is 4.74 Å². The zero-order valence-corrected chi connectivity index (χ0v) is 6.94. The van der Waals surface area contributed by atoms with Gasteiger partial charge in [0.2, 0.25) is 0 Å². The average molecular weight is 164 g/mol. The van der Waals surface area contributed by atoms with Gasteiger partial charge in [0.15, 0.2) is 0 Å². The monoisotopic (exact) mass is 164 g/mol. The smallest absolute Gasteiger partial charge is 0.271 e. The van der Waals surface area contributed by atoms with Crippen molar-refractivity contribution in [2.75, 3.05) is 13.2 Å². The molecule has 11 heavy (non-hydrogen) atoms. The number of ether oxygens (including phenoxy) is 1. The third kappa shape index (κ3) is 2.40. The van der Waals surface area contributed by atoms with Crippen LogP contribution in [0.3, 0.4) is 0 Å². The van der Waals surface area contributed by atoms with E-state index in [0.717, 1.165) is 0 Å². The molecule has 1 heterocycles. The van der Waals surface area contributed by atoms with Crippen molar-refractivity contribution in [2.45, 2.75) is 26.2 Å². The summed E-state index contributed by atoms with van der Waals surface area (Å²) in [5.41, 5.74) is 0. The Balaban J connectivity index is 2.46. The van der Waals surface area contributed by atoms with Crippen molar-refractivity contribution >= 4 is 0 Å². The summed E-state index contributed by atoms with van der Waals surface area (Å²) in [5, 5.41) is 0. The molecule has 0 spiro atoms. The third-order valence-corrected chi connectivity index (χ3v) is 2.15. The van der Waals surface area contributed by atoms with Crippen molar-refractivity contribution in [1.82, 2.24) is 0 Å². The van der Waals surface area contributed by atoms with Crippen molar-refractivity contribution in [3.05, 3.63) is 0 Å². The molecule has 0 bridgehead atoms. The van der Waals surface area contributed by atoms with Crippen LogP contribution in [0.5, 0.6) is 0 Å². The van der Waals surface area contributed by atoms with E-state index >= 15 is 0 Å². The highest BCUT2D eigenvalue weighted by atomic mass is 19.3. The lowest BCUT2D eigenvalue weighted by atomic mass is 9.89. The summed E-state index contributed by atoms with van der Waals surface area (Å²) >= 11 is 0. The topological polar surface area (TPSA) is 9.23 Å². The van der Waals surface area contributed by atoms with Gasteiger partial charge in [-0.1, -0.05) is 13.8 Å². The first kappa shape index (κ1) is 8.91. The van der Waals surface area contributed by atoms with Gasteiger partial charge in [0.05, 0.1) is 6.61 Å². The average Bonchev–Trinajstić information content (AvgIpc) is 1.85. The molecule has 1 rings (SSSR count). The Hall–Kier alpha value is -0.180. The van der Waals surface area contributed by atoms with Crippen LogP contribution in [-0.2, 0) is 4.74 Å². The molecular formula is C8H14F2O. The summed E-state index contributed by atoms with van der Waals surface area (Å²) in [6.07, 6.45) is -0.00926. The van der Waals surface area contributed by atoms with Gasteiger partial charge in [-0.3, -0.25) is 0 Å². The van der Waals surface area contributed by atoms with Crippen LogP contribution in [0.15, 0.2) is 0 Å². The normalized spacial score (nSPS) is 30.8. The molecule has 3 heteroatoms. The van der Waals surface area contributed by atoms with E-state index < -0.39 is 12.5 Å². The molecule has 0 radical (unpaired) electrons. The second-order valence-corrected chi connectivity index (χ2v) is 3.58. The first-order valence-corrected chi connectivity index (χ1v) is 3.97. The minimum atomic E-state index is -2.59. The summed E-state index contributed by atoms with van der Waals surface area (Å²) in [5.74, 6) is -2.27. The number of hydrogen-bond acceptors (Lipinski definition) is 1. The first-order valence-electron chi connectivity index (χ1n) is 3.97. The maximum absolute atomic E-state index is 12.7. The maximum Gasteiger partial charge on any atom is 0.271 e. The van der Waals surface area contributed by atoms with Crippen molar-refractivity contribution in [1.29, 1.82) is 0 Å². The van der Waals surface area contributed by atoms with Gasteiger partial charge < -0.3 is 4.74 Å². The Bertz CT molecular complexity index is 134. The first-order chi connectivity index (χ1) is 5.01. The highest BCUT2D eigenvalue weighted by molar-refractivity contribution is 4.77. The van der Waals surface area contributed by atoms with Crippen LogP contribution < -0.4 is 0 Å². The molecule has 0 aromatic carbocycles. The third-order valence-electron chi connectivity index (χ3n) is 2.15. The quantitative estimate of drug-likeness (QED) is 0.578. The van der Waals surface area contributed by atoms with Gasteiger partial charge in [0.25, 0.3) is 5.92 Å². The lowest BCUT2D eigenvalue weighted by molar-refractivity contribution is -0.142. The van der Waals surface area contributed by atoms with Crippen LogP contribution in [0, 0.1) is 11.8 Å². The second kappa shape index (κ2) is 3.05. The number of rotatable bonds is 1. The molecule has 0 amide bonds. The minimum absolute atomic E-state index is 0.00926. The Morgan fingerprint density at radius 2 is 2.09 bits per heavy atom. The van der Waals surface area contributed by atoms with Crippen molar-refractivity contribution in [3.8, 4) is 0 Å². The zero-order chi connectivity index (χ0) is 8.48. The van der Waals surface area contributed by atoms with Crippen molar-refractivity contribution in [2.24, 2.45) is 11.8 Å². The summed E-state index contributed by atoms with van der Waals surface area (Å²) in [6, 6.07) is 0. The molecule has 0 aromatic heterocycles. The van der Waals surface area contributed by atoms with Crippen molar-refractivity contribution in [3.63, 3.8) is 0 Å². The molecule has 0 aliphatic carbocycles. The fraction of sp³-hybridized carbons (Fsp3) is 1.00. The van der Waals surface area contributed by atoms with E-state index in [9.17, 15) is 8.78 Å². The summed E-state index contributed by atoms with van der Waals surface area (Å²) in [7, 11) is 0. The summed E-state index contributed by atoms with van der Waals surface area (Å²) < 4.78 is 30.2. The molecule has 1 atom stereocenters. The Morgan fingerprint density at radius 1 is 1.45 bits per heavy atom. The highest BCUT2D eigenvalue weighted by Gasteiger charge is 2.38. The van der Waals surface area contributed by atoms with Gasteiger partial charge in [-0.15, -0.1) is 0 Å². The van der Waals surface area contributed by atoms with Gasteiger partial charge in [0, 0.05) is 6.42 Å². The summed E-state index contributed by atoms with van der Waals surface area (Å²) in [4.78, 5) is 0. The number of halogens is 2. The molecule has 1 saturated heterocycles. The fourth-order valence-electron chi connectivity index (χ4n) is 1.29. The van der Waals surface area contributed by atoms with Crippen LogP contribution in [0.2, 0.25) is 0 Å². The Kier molecular flexibility index (Phi) is 2.47. The molecule has 0 saturated carbocycles. The van der Waals surface area contributed by atoms with E-state index in [2.05, 4.69) is 0 Å². The molecule has 1 aliphatic rings. The molecule has 0 aromatic rings. The van der Waals surface area contributed by atoms with Gasteiger partial charge in [-0.2, -0.15) is 0 Å². The Morgan fingerprint density at radius 3 is 2.45 bits per heavy atom. The van der Waals surface area contributed by atoms with E-state index in [1.165, 1.54) is 0 Å². The largest absolute Gasteiger partial charge is 0.375 e. The lowest BCUT2D eigenvalue weighted by Gasteiger charge is -2.31. The van der Waals surface area contributed by atoms with Gasteiger partial charge in [-0.25, -0.2) is 8.78 Å². The van der Waals surface area contributed by atoms with Gasteiger partial charge in [-0.05, 0) is 11.8 Å². The predicted octanol–water partition coefficient (Wildman–Crippen LogP) is 2.31. The standard InChI is InChI=1S/C8H14F2O/c1-6(2)7-3-8(9,10)5-11-4-7/h6-7H,3-5H2,1-2H3.